The summed E-state index contributed by atoms with van der Waals surface area (Å²) in [6, 6.07) is 4.08. The van der Waals surface area contributed by atoms with Crippen LogP contribution in [0, 0.1) is 0 Å². The number of esters is 1. The quantitative estimate of drug-likeness (QED) is 0.757. The molecule has 0 aliphatic carbocycles. The number of carbonyl (C=O) groups excluding carboxylic acids is 2. The van der Waals surface area contributed by atoms with E-state index in [-0.39, 0.29) is 30.9 Å². The Morgan fingerprint density at radius 3 is 2.52 bits per heavy atom. The molecule has 1 atom stereocenters. The zero-order chi connectivity index (χ0) is 16.8. The van der Waals surface area contributed by atoms with Crippen LogP contribution in [0.4, 0.5) is 13.2 Å². The highest BCUT2D eigenvalue weighted by Crippen LogP contribution is 2.26. The molecule has 0 spiro atoms. The molecule has 1 aromatic carbocycles. The minimum Gasteiger partial charge on any atom is -0.469 e. The molecular weight excluding hydrogens is 341 g/mol. The molecule has 1 amide bonds. The summed E-state index contributed by atoms with van der Waals surface area (Å²) in [4.78, 5) is 22.7. The second kappa shape index (κ2) is 9.21. The standard InChI is InChI=1S/C13H15F3N2O4.ClH/c1-21-12(20)6-10(18-11(19)7-17)8-3-2-4-9(5-8)22-13(14,15)16;/h2-5,10H,6-7,17H2,1H3,(H,18,19);1H. The summed E-state index contributed by atoms with van der Waals surface area (Å²) in [6.07, 6.45) is -5.09. The molecule has 0 aliphatic heterocycles. The van der Waals surface area contributed by atoms with E-state index in [4.69, 9.17) is 5.73 Å². The molecule has 0 heterocycles. The molecule has 1 aromatic rings. The Morgan fingerprint density at radius 1 is 1.35 bits per heavy atom. The van der Waals surface area contributed by atoms with Crippen molar-refractivity contribution in [3.8, 4) is 5.75 Å². The van der Waals surface area contributed by atoms with Crippen molar-refractivity contribution < 1.29 is 32.2 Å². The molecule has 0 aliphatic rings. The second-order valence-electron chi connectivity index (χ2n) is 4.22. The first-order chi connectivity index (χ1) is 10.2. The number of hydrogen-bond donors (Lipinski definition) is 2. The Bertz CT molecular complexity index is 522. The number of methoxy groups -OCH3 is 1. The van der Waals surface area contributed by atoms with Crippen molar-refractivity contribution in [3.05, 3.63) is 29.8 Å². The van der Waals surface area contributed by atoms with Crippen LogP contribution < -0.4 is 15.8 Å². The van der Waals surface area contributed by atoms with Gasteiger partial charge in [-0.2, -0.15) is 0 Å². The number of hydrogen-bond acceptors (Lipinski definition) is 5. The lowest BCUT2D eigenvalue weighted by Gasteiger charge is -2.19. The predicted octanol–water partition coefficient (Wildman–Crippen LogP) is 1.69. The summed E-state index contributed by atoms with van der Waals surface area (Å²) in [6.45, 7) is -0.323. The van der Waals surface area contributed by atoms with Crippen molar-refractivity contribution in [2.24, 2.45) is 5.73 Å². The average molecular weight is 357 g/mol. The molecule has 0 saturated carbocycles. The van der Waals surface area contributed by atoms with Crippen LogP contribution in [-0.4, -0.2) is 31.9 Å². The van der Waals surface area contributed by atoms with E-state index < -0.39 is 30.0 Å². The molecule has 23 heavy (non-hydrogen) atoms. The van der Waals surface area contributed by atoms with Gasteiger partial charge in [0.25, 0.3) is 0 Å². The first-order valence-corrected chi connectivity index (χ1v) is 6.17. The topological polar surface area (TPSA) is 90.7 Å². The maximum atomic E-state index is 12.2. The summed E-state index contributed by atoms with van der Waals surface area (Å²) in [5.74, 6) is -1.65. The molecule has 0 radical (unpaired) electrons. The number of alkyl halides is 3. The number of ether oxygens (including phenoxy) is 2. The summed E-state index contributed by atoms with van der Waals surface area (Å²) >= 11 is 0. The predicted molar refractivity (Wildman–Crippen MR) is 76.9 cm³/mol. The minimum atomic E-state index is -4.84. The van der Waals surface area contributed by atoms with Gasteiger partial charge in [-0.25, -0.2) is 0 Å². The monoisotopic (exact) mass is 356 g/mol. The van der Waals surface area contributed by atoms with Gasteiger partial charge in [0.15, 0.2) is 0 Å². The molecule has 1 rings (SSSR count). The van der Waals surface area contributed by atoms with Gasteiger partial charge in [-0.05, 0) is 17.7 Å². The smallest absolute Gasteiger partial charge is 0.469 e. The maximum absolute atomic E-state index is 12.2. The fourth-order valence-corrected chi connectivity index (χ4v) is 1.68. The Morgan fingerprint density at radius 2 is 2.00 bits per heavy atom. The van der Waals surface area contributed by atoms with E-state index in [1.165, 1.54) is 12.1 Å². The van der Waals surface area contributed by atoms with Gasteiger partial charge in [-0.1, -0.05) is 12.1 Å². The van der Waals surface area contributed by atoms with E-state index in [1.54, 1.807) is 0 Å². The third-order valence-electron chi connectivity index (χ3n) is 2.61. The third-order valence-corrected chi connectivity index (χ3v) is 2.61. The summed E-state index contributed by atoms with van der Waals surface area (Å²) in [5.41, 5.74) is 5.43. The third kappa shape index (κ3) is 7.71. The van der Waals surface area contributed by atoms with Crippen LogP contribution in [0.25, 0.3) is 0 Å². The zero-order valence-electron chi connectivity index (χ0n) is 12.1. The lowest BCUT2D eigenvalue weighted by Crippen LogP contribution is -2.35. The van der Waals surface area contributed by atoms with Gasteiger partial charge < -0.3 is 20.5 Å². The highest BCUT2D eigenvalue weighted by atomic mass is 35.5. The molecule has 10 heteroatoms. The first-order valence-electron chi connectivity index (χ1n) is 6.17. The van der Waals surface area contributed by atoms with E-state index in [9.17, 15) is 22.8 Å². The Labute approximate surface area is 136 Å². The van der Waals surface area contributed by atoms with Gasteiger partial charge in [0.05, 0.1) is 26.1 Å². The molecule has 0 aromatic heterocycles. The molecule has 0 saturated heterocycles. The number of amides is 1. The number of nitrogens with two attached hydrogens (primary N) is 1. The SMILES string of the molecule is COC(=O)CC(NC(=O)CN)c1cccc(OC(F)(F)F)c1.Cl. The van der Waals surface area contributed by atoms with Gasteiger partial charge in [0.1, 0.15) is 5.75 Å². The Hall–Kier alpha value is -2.00. The number of benzene rings is 1. The van der Waals surface area contributed by atoms with Crippen molar-refractivity contribution in [1.82, 2.24) is 5.32 Å². The highest BCUT2D eigenvalue weighted by Gasteiger charge is 2.31. The molecule has 6 nitrogen and oxygen atoms in total. The van der Waals surface area contributed by atoms with Crippen molar-refractivity contribution in [3.63, 3.8) is 0 Å². The van der Waals surface area contributed by atoms with Gasteiger partial charge in [0.2, 0.25) is 5.91 Å². The van der Waals surface area contributed by atoms with E-state index in [1.807, 2.05) is 0 Å². The fourth-order valence-electron chi connectivity index (χ4n) is 1.68. The average Bonchev–Trinajstić information content (AvgIpc) is 2.44. The molecule has 3 N–H and O–H groups in total. The minimum absolute atomic E-state index is 0. The second-order valence-corrected chi connectivity index (χ2v) is 4.22. The van der Waals surface area contributed by atoms with E-state index in [2.05, 4.69) is 14.8 Å². The van der Waals surface area contributed by atoms with Crippen molar-refractivity contribution in [2.75, 3.05) is 13.7 Å². The van der Waals surface area contributed by atoms with Crippen LogP contribution in [-0.2, 0) is 14.3 Å². The van der Waals surface area contributed by atoms with Crippen LogP contribution in [0.5, 0.6) is 5.75 Å². The van der Waals surface area contributed by atoms with Crippen LogP contribution in [0.2, 0.25) is 0 Å². The van der Waals surface area contributed by atoms with E-state index in [0.717, 1.165) is 19.2 Å². The van der Waals surface area contributed by atoms with Crippen LogP contribution in [0.15, 0.2) is 24.3 Å². The summed E-state index contributed by atoms with van der Waals surface area (Å²) in [5, 5.41) is 2.44. The van der Waals surface area contributed by atoms with Crippen molar-refractivity contribution in [2.45, 2.75) is 18.8 Å². The molecule has 0 bridgehead atoms. The molecular formula is C13H16ClF3N2O4. The Balaban J connectivity index is 0.00000484. The lowest BCUT2D eigenvalue weighted by molar-refractivity contribution is -0.274. The first kappa shape index (κ1) is 21.0. The number of halogens is 4. The van der Waals surface area contributed by atoms with Crippen LogP contribution in [0.1, 0.15) is 18.0 Å². The summed E-state index contributed by atoms with van der Waals surface area (Å²) < 4.78 is 45.0. The van der Waals surface area contributed by atoms with Gasteiger partial charge >= 0.3 is 12.3 Å². The zero-order valence-corrected chi connectivity index (χ0v) is 12.9. The molecule has 0 fully saturated rings. The van der Waals surface area contributed by atoms with E-state index in [0.29, 0.717) is 0 Å². The van der Waals surface area contributed by atoms with E-state index >= 15 is 0 Å². The number of rotatable bonds is 6. The van der Waals surface area contributed by atoms with Gasteiger partial charge in [-0.15, -0.1) is 25.6 Å². The maximum Gasteiger partial charge on any atom is 0.573 e. The lowest BCUT2D eigenvalue weighted by atomic mass is 10.0. The van der Waals surface area contributed by atoms with Crippen LogP contribution >= 0.6 is 12.4 Å². The van der Waals surface area contributed by atoms with Crippen LogP contribution in [0.3, 0.4) is 0 Å². The molecule has 1 unspecified atom stereocenters. The number of carbonyl (C=O) groups is 2. The van der Waals surface area contributed by atoms with Crippen molar-refractivity contribution in [1.29, 1.82) is 0 Å². The molecule has 130 valence electrons. The fraction of sp³-hybridized carbons (Fsp3) is 0.385. The Kier molecular flexibility index (Phi) is 8.41. The summed E-state index contributed by atoms with van der Waals surface area (Å²) in [7, 11) is 1.16. The van der Waals surface area contributed by atoms with Gasteiger partial charge in [-0.3, -0.25) is 9.59 Å². The highest BCUT2D eigenvalue weighted by molar-refractivity contribution is 5.85. The normalized spacial score (nSPS) is 11.9. The number of nitrogens with one attached hydrogen (secondary N) is 1. The largest absolute Gasteiger partial charge is 0.573 e. The van der Waals surface area contributed by atoms with Gasteiger partial charge in [0, 0.05) is 0 Å². The van der Waals surface area contributed by atoms with Crippen molar-refractivity contribution >= 4 is 24.3 Å².